The summed E-state index contributed by atoms with van der Waals surface area (Å²) >= 11 is 0. The van der Waals surface area contributed by atoms with Crippen LogP contribution in [-0.2, 0) is 0 Å². The first-order chi connectivity index (χ1) is 10.1. The molecule has 21 heavy (non-hydrogen) atoms. The Morgan fingerprint density at radius 2 is 2.00 bits per heavy atom. The molecule has 1 atom stereocenters. The number of carbonyl (C=O) groups is 1. The zero-order chi connectivity index (χ0) is 15.4. The van der Waals surface area contributed by atoms with Crippen LogP contribution in [0.5, 0.6) is 0 Å². The van der Waals surface area contributed by atoms with E-state index >= 15 is 0 Å². The van der Waals surface area contributed by atoms with Crippen LogP contribution in [0.25, 0.3) is 0 Å². The number of benzene rings is 1. The van der Waals surface area contributed by atoms with Gasteiger partial charge in [0.15, 0.2) is 0 Å². The average Bonchev–Trinajstić information content (AvgIpc) is 2.49. The highest BCUT2D eigenvalue weighted by molar-refractivity contribution is 5.95. The van der Waals surface area contributed by atoms with Gasteiger partial charge in [0.05, 0.1) is 30.1 Å². The fourth-order valence-corrected chi connectivity index (χ4v) is 2.35. The fourth-order valence-electron chi connectivity index (χ4n) is 2.35. The number of hydrogen-bond acceptors (Lipinski definition) is 4. The van der Waals surface area contributed by atoms with Crippen LogP contribution in [0.15, 0.2) is 36.5 Å². The summed E-state index contributed by atoms with van der Waals surface area (Å²) in [6, 6.07) is 9.00. The van der Waals surface area contributed by atoms with E-state index in [0.29, 0.717) is 11.3 Å². The van der Waals surface area contributed by atoms with Crippen LogP contribution in [0.4, 0.5) is 0 Å². The summed E-state index contributed by atoms with van der Waals surface area (Å²) in [6.45, 7) is 3.58. The molecular weight excluding hydrogens is 266 g/mol. The minimum Gasteiger partial charge on any atom is -0.394 e. The minimum atomic E-state index is -0.383. The lowest BCUT2D eigenvalue weighted by Crippen LogP contribution is -2.34. The fraction of sp³-hybridized carbons (Fsp3) is 0.312. The van der Waals surface area contributed by atoms with Gasteiger partial charge in [0.25, 0.3) is 5.91 Å². The van der Waals surface area contributed by atoms with E-state index in [9.17, 15) is 9.90 Å². The quantitative estimate of drug-likeness (QED) is 0.931. The molecule has 2 rings (SSSR count). The van der Waals surface area contributed by atoms with Gasteiger partial charge in [0, 0.05) is 7.05 Å². The predicted molar refractivity (Wildman–Crippen MR) is 79.9 cm³/mol. The second kappa shape index (κ2) is 6.45. The molecule has 1 N–H and O–H groups in total. The molecule has 5 heteroatoms. The molecule has 1 unspecified atom stereocenters. The van der Waals surface area contributed by atoms with Crippen LogP contribution >= 0.6 is 0 Å². The van der Waals surface area contributed by atoms with Crippen LogP contribution < -0.4 is 0 Å². The Labute approximate surface area is 124 Å². The number of hydrogen-bond donors (Lipinski definition) is 1. The first-order valence-corrected chi connectivity index (χ1v) is 6.78. The number of amides is 1. The number of aliphatic hydroxyl groups is 1. The van der Waals surface area contributed by atoms with Gasteiger partial charge in [0.1, 0.15) is 0 Å². The second-order valence-corrected chi connectivity index (χ2v) is 5.00. The Bertz CT molecular complexity index is 643. The molecule has 0 spiro atoms. The standard InChI is InChI=1S/C16H19N3O2/c1-11-6-4-5-7-13(11)15(10-20)19(3)16(21)14-8-9-17-18-12(14)2/h4-9,15,20H,10H2,1-3H3. The van der Waals surface area contributed by atoms with E-state index in [0.717, 1.165) is 11.1 Å². The van der Waals surface area contributed by atoms with Crippen molar-refractivity contribution in [1.29, 1.82) is 0 Å². The van der Waals surface area contributed by atoms with Gasteiger partial charge in [-0.2, -0.15) is 10.2 Å². The van der Waals surface area contributed by atoms with Crippen molar-refractivity contribution in [1.82, 2.24) is 15.1 Å². The Morgan fingerprint density at radius 3 is 2.62 bits per heavy atom. The van der Waals surface area contributed by atoms with E-state index in [1.165, 1.54) is 6.20 Å². The number of carbonyl (C=O) groups excluding carboxylic acids is 1. The van der Waals surface area contributed by atoms with E-state index < -0.39 is 0 Å². The maximum absolute atomic E-state index is 12.6. The summed E-state index contributed by atoms with van der Waals surface area (Å²) in [5.74, 6) is -0.176. The normalized spacial score (nSPS) is 12.0. The van der Waals surface area contributed by atoms with Crippen LogP contribution in [0.1, 0.15) is 33.2 Å². The highest BCUT2D eigenvalue weighted by atomic mass is 16.3. The number of nitrogens with zero attached hydrogens (tertiary/aromatic N) is 3. The van der Waals surface area contributed by atoms with Crippen molar-refractivity contribution in [2.45, 2.75) is 19.9 Å². The smallest absolute Gasteiger partial charge is 0.256 e. The number of rotatable bonds is 4. The van der Waals surface area contributed by atoms with E-state index in [2.05, 4.69) is 10.2 Å². The third kappa shape index (κ3) is 3.08. The van der Waals surface area contributed by atoms with Crippen molar-refractivity contribution in [2.24, 2.45) is 0 Å². The Morgan fingerprint density at radius 1 is 1.29 bits per heavy atom. The molecule has 2 aromatic rings. The number of aryl methyl sites for hydroxylation is 2. The van der Waals surface area contributed by atoms with Gasteiger partial charge in [-0.1, -0.05) is 24.3 Å². The van der Waals surface area contributed by atoms with Gasteiger partial charge < -0.3 is 10.0 Å². The predicted octanol–water partition coefficient (Wildman–Crippen LogP) is 1.90. The van der Waals surface area contributed by atoms with Crippen LogP contribution in [0.3, 0.4) is 0 Å². The average molecular weight is 285 g/mol. The summed E-state index contributed by atoms with van der Waals surface area (Å²) in [5.41, 5.74) is 3.06. The summed E-state index contributed by atoms with van der Waals surface area (Å²) in [7, 11) is 1.69. The topological polar surface area (TPSA) is 66.3 Å². The van der Waals surface area contributed by atoms with Crippen LogP contribution in [0.2, 0.25) is 0 Å². The van der Waals surface area contributed by atoms with E-state index in [1.807, 2.05) is 31.2 Å². The molecule has 0 radical (unpaired) electrons. The molecule has 5 nitrogen and oxygen atoms in total. The van der Waals surface area contributed by atoms with E-state index in [-0.39, 0.29) is 18.6 Å². The summed E-state index contributed by atoms with van der Waals surface area (Å²) in [4.78, 5) is 14.1. The highest BCUT2D eigenvalue weighted by Gasteiger charge is 2.24. The van der Waals surface area contributed by atoms with Gasteiger partial charge >= 0.3 is 0 Å². The third-order valence-corrected chi connectivity index (χ3v) is 3.64. The lowest BCUT2D eigenvalue weighted by Gasteiger charge is -2.28. The van der Waals surface area contributed by atoms with Gasteiger partial charge in [-0.05, 0) is 31.0 Å². The molecule has 1 aromatic heterocycles. The minimum absolute atomic E-state index is 0.134. The summed E-state index contributed by atoms with van der Waals surface area (Å²) in [5, 5.41) is 17.4. The molecule has 0 saturated heterocycles. The highest BCUT2D eigenvalue weighted by Crippen LogP contribution is 2.24. The van der Waals surface area contributed by atoms with Crippen molar-refractivity contribution in [3.05, 3.63) is 58.9 Å². The first-order valence-electron chi connectivity index (χ1n) is 6.78. The van der Waals surface area contributed by atoms with Crippen molar-refractivity contribution in [3.8, 4) is 0 Å². The van der Waals surface area contributed by atoms with Crippen molar-refractivity contribution < 1.29 is 9.90 Å². The molecule has 0 aliphatic carbocycles. The molecular formula is C16H19N3O2. The number of likely N-dealkylation sites (N-methyl/N-ethyl adjacent to an activating group) is 1. The number of aliphatic hydroxyl groups excluding tert-OH is 1. The Hall–Kier alpha value is -2.27. The van der Waals surface area contributed by atoms with Crippen molar-refractivity contribution in [3.63, 3.8) is 0 Å². The van der Waals surface area contributed by atoms with E-state index in [4.69, 9.17) is 0 Å². The molecule has 1 amide bonds. The summed E-state index contributed by atoms with van der Waals surface area (Å²) < 4.78 is 0. The lowest BCUT2D eigenvalue weighted by atomic mass is 10.00. The lowest BCUT2D eigenvalue weighted by molar-refractivity contribution is 0.0656. The first kappa shape index (κ1) is 15.1. The molecule has 0 bridgehead atoms. The molecule has 1 heterocycles. The van der Waals surface area contributed by atoms with Crippen molar-refractivity contribution in [2.75, 3.05) is 13.7 Å². The zero-order valence-electron chi connectivity index (χ0n) is 12.4. The largest absolute Gasteiger partial charge is 0.394 e. The molecule has 1 aromatic carbocycles. The zero-order valence-corrected chi connectivity index (χ0v) is 12.4. The van der Waals surface area contributed by atoms with Crippen LogP contribution in [-0.4, -0.2) is 39.8 Å². The van der Waals surface area contributed by atoms with E-state index in [1.54, 1.807) is 24.9 Å². The maximum atomic E-state index is 12.6. The molecule has 0 saturated carbocycles. The molecule has 0 aliphatic heterocycles. The van der Waals surface area contributed by atoms with Crippen molar-refractivity contribution >= 4 is 5.91 Å². The Kier molecular flexibility index (Phi) is 4.65. The maximum Gasteiger partial charge on any atom is 0.256 e. The summed E-state index contributed by atoms with van der Waals surface area (Å²) in [6.07, 6.45) is 1.50. The van der Waals surface area contributed by atoms with Crippen LogP contribution in [0, 0.1) is 13.8 Å². The van der Waals surface area contributed by atoms with Gasteiger partial charge in [-0.3, -0.25) is 4.79 Å². The van der Waals surface area contributed by atoms with Gasteiger partial charge in [-0.25, -0.2) is 0 Å². The molecule has 110 valence electrons. The number of aromatic nitrogens is 2. The molecule has 0 aliphatic rings. The SMILES string of the molecule is Cc1ccccc1C(CO)N(C)C(=O)c1ccnnc1C. The van der Waals surface area contributed by atoms with Gasteiger partial charge in [-0.15, -0.1) is 0 Å². The Balaban J connectivity index is 2.33. The molecule has 0 fully saturated rings. The third-order valence-electron chi connectivity index (χ3n) is 3.64. The second-order valence-electron chi connectivity index (χ2n) is 5.00. The monoisotopic (exact) mass is 285 g/mol. The van der Waals surface area contributed by atoms with Gasteiger partial charge in [0.2, 0.25) is 0 Å².